The van der Waals surface area contributed by atoms with Gasteiger partial charge < -0.3 is 10.2 Å². The Morgan fingerprint density at radius 2 is 1.90 bits per heavy atom. The summed E-state index contributed by atoms with van der Waals surface area (Å²) in [6.07, 6.45) is 8.41. The monoisotopic (exact) mass is 413 g/mol. The molecule has 4 aromatic rings. The van der Waals surface area contributed by atoms with Gasteiger partial charge in [0, 0.05) is 48.5 Å². The molecule has 1 aliphatic rings. The number of carbonyl (C=O) groups excluding carboxylic acids is 1. The van der Waals surface area contributed by atoms with Crippen LogP contribution in [0.2, 0.25) is 0 Å². The highest BCUT2D eigenvalue weighted by Crippen LogP contribution is 2.27. The van der Waals surface area contributed by atoms with E-state index in [4.69, 9.17) is 0 Å². The molecule has 1 aromatic carbocycles. The number of amides is 1. The second-order valence-corrected chi connectivity index (χ2v) is 7.78. The summed E-state index contributed by atoms with van der Waals surface area (Å²) in [5.74, 6) is 1.69. The van der Waals surface area contributed by atoms with E-state index in [1.807, 2.05) is 54.1 Å². The van der Waals surface area contributed by atoms with Crippen molar-refractivity contribution in [2.24, 2.45) is 5.92 Å². The van der Waals surface area contributed by atoms with E-state index in [1.54, 1.807) is 18.9 Å². The summed E-state index contributed by atoms with van der Waals surface area (Å²) < 4.78 is 1.85. The summed E-state index contributed by atoms with van der Waals surface area (Å²) >= 11 is 0. The van der Waals surface area contributed by atoms with Crippen molar-refractivity contribution in [2.75, 3.05) is 23.3 Å². The minimum absolute atomic E-state index is 0.0292. The molecular weight excluding hydrogens is 390 g/mol. The highest BCUT2D eigenvalue weighted by molar-refractivity contribution is 6.01. The third kappa shape index (κ3) is 3.96. The number of rotatable bonds is 4. The Kier molecular flexibility index (Phi) is 5.03. The third-order valence-electron chi connectivity index (χ3n) is 5.70. The second kappa shape index (κ2) is 8.14. The molecule has 0 unspecified atom stereocenters. The molecule has 0 spiro atoms. The van der Waals surface area contributed by atoms with Crippen molar-refractivity contribution in [1.82, 2.24) is 24.5 Å². The molecule has 1 saturated heterocycles. The van der Waals surface area contributed by atoms with Crippen molar-refractivity contribution in [1.29, 1.82) is 0 Å². The molecule has 8 nitrogen and oxygen atoms in total. The van der Waals surface area contributed by atoms with Gasteiger partial charge in [0.25, 0.3) is 0 Å². The van der Waals surface area contributed by atoms with Gasteiger partial charge in [0.1, 0.15) is 24.3 Å². The Hall–Kier alpha value is -3.81. The number of imidazole rings is 1. The zero-order chi connectivity index (χ0) is 21.2. The summed E-state index contributed by atoms with van der Waals surface area (Å²) in [6, 6.07) is 11.8. The fourth-order valence-corrected chi connectivity index (χ4v) is 4.06. The Bertz CT molecular complexity index is 1210. The first kappa shape index (κ1) is 19.2. The summed E-state index contributed by atoms with van der Waals surface area (Å²) in [4.78, 5) is 32.6. The number of nitrogens with zero attached hydrogens (tertiary/aromatic N) is 6. The molecule has 0 bridgehead atoms. The quantitative estimate of drug-likeness (QED) is 0.552. The zero-order valence-electron chi connectivity index (χ0n) is 17.3. The lowest BCUT2D eigenvalue weighted by atomic mass is 9.95. The van der Waals surface area contributed by atoms with Gasteiger partial charge in [-0.25, -0.2) is 15.0 Å². The average molecular weight is 413 g/mol. The van der Waals surface area contributed by atoms with Crippen LogP contribution in [0.3, 0.4) is 0 Å². The van der Waals surface area contributed by atoms with Gasteiger partial charge in [-0.1, -0.05) is 18.2 Å². The van der Waals surface area contributed by atoms with Crippen LogP contribution in [0.4, 0.5) is 11.5 Å². The number of anilines is 2. The van der Waals surface area contributed by atoms with Gasteiger partial charge in [0.05, 0.1) is 11.2 Å². The van der Waals surface area contributed by atoms with Crippen LogP contribution >= 0.6 is 0 Å². The standard InChI is InChI=1S/C23H23N7O/c1-16-12-20(18-4-2-3-5-19(18)27-16)28-23(31)17-6-9-29(10-7-17)21-13-22(26-14-25-21)30-11-8-24-15-30/h2-5,8,11-15,17H,6-7,9-10H2,1H3,(H,27,28,31). The van der Waals surface area contributed by atoms with Crippen LogP contribution in [0.15, 0.2) is 61.4 Å². The van der Waals surface area contributed by atoms with E-state index in [0.717, 1.165) is 59.9 Å². The van der Waals surface area contributed by atoms with Crippen LogP contribution in [0.1, 0.15) is 18.5 Å². The molecule has 3 aromatic heterocycles. The second-order valence-electron chi connectivity index (χ2n) is 7.78. The smallest absolute Gasteiger partial charge is 0.227 e. The summed E-state index contributed by atoms with van der Waals surface area (Å²) in [5.41, 5.74) is 2.61. The highest BCUT2D eigenvalue weighted by Gasteiger charge is 2.26. The van der Waals surface area contributed by atoms with Crippen molar-refractivity contribution < 1.29 is 4.79 Å². The maximum absolute atomic E-state index is 13.0. The zero-order valence-corrected chi connectivity index (χ0v) is 17.3. The molecule has 8 heteroatoms. The molecule has 1 fully saturated rings. The van der Waals surface area contributed by atoms with E-state index in [1.165, 1.54) is 0 Å². The van der Waals surface area contributed by atoms with Gasteiger partial charge in [-0.05, 0) is 31.9 Å². The van der Waals surface area contributed by atoms with Crippen LogP contribution in [0, 0.1) is 12.8 Å². The Morgan fingerprint density at radius 3 is 2.71 bits per heavy atom. The number of nitrogens with one attached hydrogen (secondary N) is 1. The normalized spacial score (nSPS) is 14.7. The van der Waals surface area contributed by atoms with Crippen molar-refractivity contribution in [2.45, 2.75) is 19.8 Å². The molecule has 1 amide bonds. The lowest BCUT2D eigenvalue weighted by Crippen LogP contribution is -2.38. The first-order valence-corrected chi connectivity index (χ1v) is 10.4. The SMILES string of the molecule is Cc1cc(NC(=O)C2CCN(c3cc(-n4ccnc4)ncn3)CC2)c2ccccc2n1. The maximum atomic E-state index is 13.0. The number of hydrogen-bond acceptors (Lipinski definition) is 6. The van der Waals surface area contributed by atoms with Gasteiger partial charge in [0.15, 0.2) is 0 Å². The van der Waals surface area contributed by atoms with Gasteiger partial charge in [-0.3, -0.25) is 14.3 Å². The predicted octanol–water partition coefficient (Wildman–Crippen LogP) is 3.37. The van der Waals surface area contributed by atoms with Gasteiger partial charge in [0.2, 0.25) is 5.91 Å². The van der Waals surface area contributed by atoms with Crippen molar-refractivity contribution in [3.8, 4) is 5.82 Å². The molecule has 0 aliphatic carbocycles. The molecular formula is C23H23N7O. The first-order chi connectivity index (χ1) is 15.2. The number of aromatic nitrogens is 5. The Morgan fingerprint density at radius 1 is 1.10 bits per heavy atom. The number of aryl methyl sites for hydroxylation is 1. The largest absolute Gasteiger partial charge is 0.356 e. The average Bonchev–Trinajstić information content (AvgIpc) is 3.34. The highest BCUT2D eigenvalue weighted by atomic mass is 16.1. The lowest BCUT2D eigenvalue weighted by Gasteiger charge is -2.32. The van der Waals surface area contributed by atoms with E-state index in [0.29, 0.717) is 0 Å². The van der Waals surface area contributed by atoms with Gasteiger partial charge >= 0.3 is 0 Å². The number of hydrogen-bond donors (Lipinski definition) is 1. The molecule has 0 saturated carbocycles. The van der Waals surface area contributed by atoms with Crippen LogP contribution in [-0.4, -0.2) is 43.5 Å². The number of para-hydroxylation sites is 1. The number of fused-ring (bicyclic) bond motifs is 1. The molecule has 1 aliphatic heterocycles. The fourth-order valence-electron chi connectivity index (χ4n) is 4.06. The number of piperidine rings is 1. The molecule has 31 heavy (non-hydrogen) atoms. The Labute approximate surface area is 180 Å². The minimum atomic E-state index is -0.0292. The molecule has 1 N–H and O–H groups in total. The van der Waals surface area contributed by atoms with Crippen molar-refractivity contribution in [3.05, 3.63) is 67.1 Å². The molecule has 156 valence electrons. The van der Waals surface area contributed by atoms with Gasteiger partial charge in [-0.15, -0.1) is 0 Å². The fraction of sp³-hybridized carbons (Fsp3) is 0.261. The van der Waals surface area contributed by atoms with Crippen LogP contribution < -0.4 is 10.2 Å². The summed E-state index contributed by atoms with van der Waals surface area (Å²) in [7, 11) is 0. The lowest BCUT2D eigenvalue weighted by molar-refractivity contribution is -0.120. The number of benzene rings is 1. The molecule has 0 radical (unpaired) electrons. The molecule has 5 rings (SSSR count). The van der Waals surface area contributed by atoms with E-state index in [2.05, 4.69) is 30.2 Å². The van der Waals surface area contributed by atoms with Crippen molar-refractivity contribution >= 4 is 28.3 Å². The minimum Gasteiger partial charge on any atom is -0.356 e. The first-order valence-electron chi connectivity index (χ1n) is 10.4. The molecule has 0 atom stereocenters. The van der Waals surface area contributed by atoms with E-state index in [-0.39, 0.29) is 11.8 Å². The van der Waals surface area contributed by atoms with E-state index >= 15 is 0 Å². The number of carbonyl (C=O) groups is 1. The van der Waals surface area contributed by atoms with Crippen LogP contribution in [0.25, 0.3) is 16.7 Å². The van der Waals surface area contributed by atoms with Crippen molar-refractivity contribution in [3.63, 3.8) is 0 Å². The maximum Gasteiger partial charge on any atom is 0.227 e. The van der Waals surface area contributed by atoms with E-state index in [9.17, 15) is 4.79 Å². The summed E-state index contributed by atoms with van der Waals surface area (Å²) in [5, 5.41) is 4.11. The van der Waals surface area contributed by atoms with Crippen LogP contribution in [-0.2, 0) is 4.79 Å². The van der Waals surface area contributed by atoms with E-state index < -0.39 is 0 Å². The summed E-state index contributed by atoms with van der Waals surface area (Å²) in [6.45, 7) is 3.49. The van der Waals surface area contributed by atoms with Gasteiger partial charge in [-0.2, -0.15) is 0 Å². The number of pyridine rings is 1. The molecule has 4 heterocycles. The topological polar surface area (TPSA) is 88.8 Å². The predicted molar refractivity (Wildman–Crippen MR) is 119 cm³/mol. The third-order valence-corrected chi connectivity index (χ3v) is 5.70. The van der Waals surface area contributed by atoms with Crippen LogP contribution in [0.5, 0.6) is 0 Å². The Balaban J connectivity index is 1.26.